The lowest BCUT2D eigenvalue weighted by atomic mass is 9.93. The number of hydrogen-bond acceptors (Lipinski definition) is 3. The van der Waals surface area contributed by atoms with E-state index >= 15 is 0 Å². The van der Waals surface area contributed by atoms with Crippen LogP contribution in [0.1, 0.15) is 52.4 Å². The van der Waals surface area contributed by atoms with Crippen LogP contribution in [-0.4, -0.2) is 49.3 Å². The second-order valence-corrected chi connectivity index (χ2v) is 7.22. The van der Waals surface area contributed by atoms with Crippen molar-refractivity contribution in [1.82, 2.24) is 10.2 Å². The van der Waals surface area contributed by atoms with Crippen molar-refractivity contribution in [2.24, 2.45) is 11.8 Å². The molecule has 0 bridgehead atoms. The molecule has 3 fully saturated rings. The summed E-state index contributed by atoms with van der Waals surface area (Å²) in [5.41, 5.74) is 0. The largest absolute Gasteiger partial charge is 0.378 e. The smallest absolute Gasteiger partial charge is 0.0588 e. The maximum atomic E-state index is 5.81. The van der Waals surface area contributed by atoms with Crippen LogP contribution in [0.15, 0.2) is 0 Å². The molecule has 2 saturated heterocycles. The van der Waals surface area contributed by atoms with Crippen LogP contribution in [0.5, 0.6) is 0 Å². The summed E-state index contributed by atoms with van der Waals surface area (Å²) in [6.07, 6.45) is 8.53. The first-order chi connectivity index (χ1) is 9.78. The zero-order valence-corrected chi connectivity index (χ0v) is 13.3. The number of nitrogens with one attached hydrogen (secondary N) is 1. The summed E-state index contributed by atoms with van der Waals surface area (Å²) < 4.78 is 5.81. The summed E-state index contributed by atoms with van der Waals surface area (Å²) in [6, 6.07) is 1.50. The Bertz CT molecular complexity index is 299. The Kier molecular flexibility index (Phi) is 5.00. The summed E-state index contributed by atoms with van der Waals surface area (Å²) >= 11 is 0. The zero-order valence-electron chi connectivity index (χ0n) is 13.3. The predicted molar refractivity (Wildman–Crippen MR) is 82.9 cm³/mol. The average molecular weight is 280 g/mol. The van der Waals surface area contributed by atoms with E-state index in [1.54, 1.807) is 0 Å². The summed E-state index contributed by atoms with van der Waals surface area (Å²) in [6.45, 7) is 9.45. The average Bonchev–Trinajstić information content (AvgIpc) is 3.20. The van der Waals surface area contributed by atoms with Gasteiger partial charge in [-0.3, -0.25) is 4.90 Å². The quantitative estimate of drug-likeness (QED) is 0.809. The van der Waals surface area contributed by atoms with Gasteiger partial charge in [0, 0.05) is 38.3 Å². The van der Waals surface area contributed by atoms with Crippen molar-refractivity contribution < 1.29 is 4.74 Å². The molecular formula is C17H32N2O. The van der Waals surface area contributed by atoms with Gasteiger partial charge in [-0.1, -0.05) is 20.3 Å². The molecule has 0 aromatic rings. The van der Waals surface area contributed by atoms with E-state index in [1.165, 1.54) is 58.2 Å². The fourth-order valence-corrected chi connectivity index (χ4v) is 3.94. The summed E-state index contributed by atoms with van der Waals surface area (Å²) in [4.78, 5) is 2.79. The first-order valence-corrected chi connectivity index (χ1v) is 8.87. The molecule has 4 atom stereocenters. The van der Waals surface area contributed by atoms with Crippen LogP contribution in [0.3, 0.4) is 0 Å². The van der Waals surface area contributed by atoms with Gasteiger partial charge in [0.05, 0.1) is 6.10 Å². The minimum absolute atomic E-state index is 0.543. The number of nitrogens with zero attached hydrogens (tertiary/aromatic N) is 1. The third kappa shape index (κ3) is 3.55. The first-order valence-electron chi connectivity index (χ1n) is 8.87. The van der Waals surface area contributed by atoms with Crippen LogP contribution in [0.4, 0.5) is 0 Å². The highest BCUT2D eigenvalue weighted by Gasteiger charge is 2.38. The molecule has 3 rings (SSSR count). The van der Waals surface area contributed by atoms with E-state index in [2.05, 4.69) is 24.1 Å². The molecule has 2 aliphatic heterocycles. The molecule has 2 heterocycles. The van der Waals surface area contributed by atoms with Crippen LogP contribution in [0, 0.1) is 11.8 Å². The van der Waals surface area contributed by atoms with Gasteiger partial charge < -0.3 is 10.1 Å². The molecule has 4 unspecified atom stereocenters. The lowest BCUT2D eigenvalue weighted by Crippen LogP contribution is -2.59. The van der Waals surface area contributed by atoms with Crippen molar-refractivity contribution in [2.45, 2.75) is 70.6 Å². The maximum Gasteiger partial charge on any atom is 0.0588 e. The molecule has 3 heteroatoms. The Morgan fingerprint density at radius 2 is 2.15 bits per heavy atom. The number of hydrogen-bond donors (Lipinski definition) is 1. The Balaban J connectivity index is 1.54. The van der Waals surface area contributed by atoms with Crippen molar-refractivity contribution in [3.8, 4) is 0 Å². The van der Waals surface area contributed by atoms with Crippen LogP contribution < -0.4 is 5.32 Å². The second-order valence-electron chi connectivity index (χ2n) is 7.22. The molecule has 3 aliphatic rings. The maximum absolute atomic E-state index is 5.81. The molecule has 3 nitrogen and oxygen atoms in total. The zero-order chi connectivity index (χ0) is 13.9. The second kappa shape index (κ2) is 6.76. The first kappa shape index (κ1) is 14.8. The van der Waals surface area contributed by atoms with Gasteiger partial charge >= 0.3 is 0 Å². The predicted octanol–water partition coefficient (Wildman–Crippen LogP) is 2.65. The molecule has 0 aromatic heterocycles. The van der Waals surface area contributed by atoms with Crippen molar-refractivity contribution in [3.05, 3.63) is 0 Å². The van der Waals surface area contributed by atoms with Crippen LogP contribution >= 0.6 is 0 Å². The van der Waals surface area contributed by atoms with Gasteiger partial charge in [-0.05, 0) is 43.9 Å². The van der Waals surface area contributed by atoms with Crippen molar-refractivity contribution in [1.29, 1.82) is 0 Å². The Labute approximate surface area is 124 Å². The molecule has 116 valence electrons. The monoisotopic (exact) mass is 280 g/mol. The molecule has 0 amide bonds. The van der Waals surface area contributed by atoms with E-state index in [1.807, 2.05) is 0 Å². The van der Waals surface area contributed by atoms with Gasteiger partial charge in [-0.15, -0.1) is 0 Å². The summed E-state index contributed by atoms with van der Waals surface area (Å²) in [7, 11) is 0. The van der Waals surface area contributed by atoms with E-state index in [0.717, 1.165) is 30.5 Å². The normalized spacial score (nSPS) is 37.2. The van der Waals surface area contributed by atoms with Crippen molar-refractivity contribution >= 4 is 0 Å². The fraction of sp³-hybridized carbons (Fsp3) is 1.00. The van der Waals surface area contributed by atoms with E-state index < -0.39 is 0 Å². The van der Waals surface area contributed by atoms with Crippen molar-refractivity contribution in [2.75, 3.05) is 26.2 Å². The topological polar surface area (TPSA) is 24.5 Å². The highest BCUT2D eigenvalue weighted by Crippen LogP contribution is 2.35. The lowest BCUT2D eigenvalue weighted by Gasteiger charge is -2.43. The van der Waals surface area contributed by atoms with E-state index in [9.17, 15) is 0 Å². The molecule has 1 saturated carbocycles. The van der Waals surface area contributed by atoms with Gasteiger partial charge in [0.25, 0.3) is 0 Å². The molecule has 1 aliphatic carbocycles. The minimum Gasteiger partial charge on any atom is -0.378 e. The molecular weight excluding hydrogens is 248 g/mol. The number of ether oxygens (including phenoxy) is 1. The van der Waals surface area contributed by atoms with E-state index in [4.69, 9.17) is 4.74 Å². The standard InChI is InChI=1S/C17H32N2O/c1-3-13(2)17-11-18-16(14-6-7-14)12-19(17)9-8-15-5-4-10-20-15/h13-18H,3-12H2,1-2H3. The summed E-state index contributed by atoms with van der Waals surface area (Å²) in [5.74, 6) is 1.77. The van der Waals surface area contributed by atoms with Gasteiger partial charge in [-0.25, -0.2) is 0 Å². The number of rotatable bonds is 6. The van der Waals surface area contributed by atoms with Crippen LogP contribution in [0.25, 0.3) is 0 Å². The lowest BCUT2D eigenvalue weighted by molar-refractivity contribution is 0.0526. The summed E-state index contributed by atoms with van der Waals surface area (Å²) in [5, 5.41) is 3.83. The van der Waals surface area contributed by atoms with Crippen LogP contribution in [0.2, 0.25) is 0 Å². The highest BCUT2D eigenvalue weighted by atomic mass is 16.5. The van der Waals surface area contributed by atoms with Crippen LogP contribution in [-0.2, 0) is 4.74 Å². The molecule has 1 N–H and O–H groups in total. The third-order valence-electron chi connectivity index (χ3n) is 5.74. The van der Waals surface area contributed by atoms with Gasteiger partial charge in [0.1, 0.15) is 0 Å². The Morgan fingerprint density at radius 3 is 2.80 bits per heavy atom. The van der Waals surface area contributed by atoms with E-state index in [-0.39, 0.29) is 0 Å². The third-order valence-corrected chi connectivity index (χ3v) is 5.74. The highest BCUT2D eigenvalue weighted by molar-refractivity contribution is 4.95. The Hall–Kier alpha value is -0.120. The SMILES string of the molecule is CCC(C)C1CNC(C2CC2)CN1CCC1CCCO1. The minimum atomic E-state index is 0.543. The molecule has 0 radical (unpaired) electrons. The van der Waals surface area contributed by atoms with E-state index in [0.29, 0.717) is 6.10 Å². The molecule has 0 aromatic carbocycles. The number of piperazine rings is 1. The van der Waals surface area contributed by atoms with Gasteiger partial charge in [0.2, 0.25) is 0 Å². The van der Waals surface area contributed by atoms with Gasteiger partial charge in [0.15, 0.2) is 0 Å². The molecule has 20 heavy (non-hydrogen) atoms. The van der Waals surface area contributed by atoms with Crippen molar-refractivity contribution in [3.63, 3.8) is 0 Å². The Morgan fingerprint density at radius 1 is 1.30 bits per heavy atom. The fourth-order valence-electron chi connectivity index (χ4n) is 3.94. The molecule has 0 spiro atoms. The van der Waals surface area contributed by atoms with Gasteiger partial charge in [-0.2, -0.15) is 0 Å².